The molecule has 0 atom stereocenters. The first-order valence-corrected chi connectivity index (χ1v) is 7.36. The van der Waals surface area contributed by atoms with Crippen LogP contribution < -0.4 is 16.4 Å². The zero-order valence-electron chi connectivity index (χ0n) is 12.5. The summed E-state index contributed by atoms with van der Waals surface area (Å²) in [4.78, 5) is 7.97. The molecule has 3 aromatic rings. The third kappa shape index (κ3) is 3.74. The van der Waals surface area contributed by atoms with Crippen LogP contribution in [0.2, 0.25) is 5.02 Å². The van der Waals surface area contributed by atoms with Gasteiger partial charge in [0, 0.05) is 17.4 Å². The molecule has 0 spiro atoms. The molecule has 25 heavy (non-hydrogen) atoms. The third-order valence-electron chi connectivity index (χ3n) is 3.25. The van der Waals surface area contributed by atoms with E-state index >= 15 is 0 Å². The first-order valence-electron chi connectivity index (χ1n) is 6.98. The maximum Gasteiger partial charge on any atom is 0.160 e. The van der Waals surface area contributed by atoms with E-state index in [4.69, 9.17) is 17.3 Å². The van der Waals surface area contributed by atoms with Crippen LogP contribution >= 0.6 is 11.6 Å². The highest BCUT2D eigenvalue weighted by atomic mass is 35.5. The molecular weight excluding hydrogens is 355 g/mol. The Morgan fingerprint density at radius 1 is 0.800 bits per heavy atom. The lowest BCUT2D eigenvalue weighted by atomic mass is 10.3. The smallest absolute Gasteiger partial charge is 0.160 e. The van der Waals surface area contributed by atoms with Crippen LogP contribution in [0.4, 0.5) is 41.9 Å². The summed E-state index contributed by atoms with van der Waals surface area (Å²) in [6.45, 7) is 0. The van der Waals surface area contributed by atoms with Crippen molar-refractivity contribution in [3.8, 4) is 0 Å². The molecule has 9 heteroatoms. The summed E-state index contributed by atoms with van der Waals surface area (Å²) >= 11 is 5.73. The number of hydrogen-bond donors (Lipinski definition) is 3. The fourth-order valence-corrected chi connectivity index (χ4v) is 2.20. The molecule has 0 aliphatic carbocycles. The highest BCUT2D eigenvalue weighted by molar-refractivity contribution is 6.31. The van der Waals surface area contributed by atoms with Gasteiger partial charge in [-0.05, 0) is 30.3 Å². The van der Waals surface area contributed by atoms with Gasteiger partial charge < -0.3 is 16.4 Å². The van der Waals surface area contributed by atoms with Crippen molar-refractivity contribution in [1.29, 1.82) is 0 Å². The zero-order chi connectivity index (χ0) is 18.0. The van der Waals surface area contributed by atoms with Crippen molar-refractivity contribution in [2.24, 2.45) is 0 Å². The molecule has 0 aliphatic rings. The van der Waals surface area contributed by atoms with E-state index in [9.17, 15) is 13.2 Å². The second-order valence-corrected chi connectivity index (χ2v) is 5.40. The number of rotatable bonds is 4. The van der Waals surface area contributed by atoms with E-state index in [0.717, 1.165) is 12.1 Å². The van der Waals surface area contributed by atoms with Crippen molar-refractivity contribution in [1.82, 2.24) is 9.97 Å². The number of halogens is 4. The van der Waals surface area contributed by atoms with E-state index in [1.807, 2.05) is 0 Å². The first kappa shape index (κ1) is 16.8. The average Bonchev–Trinajstić information content (AvgIpc) is 2.58. The van der Waals surface area contributed by atoms with Gasteiger partial charge in [-0.15, -0.1) is 0 Å². The van der Waals surface area contributed by atoms with Crippen molar-refractivity contribution in [3.05, 3.63) is 65.2 Å². The van der Waals surface area contributed by atoms with Gasteiger partial charge in [-0.1, -0.05) is 11.6 Å². The molecule has 128 valence electrons. The van der Waals surface area contributed by atoms with Gasteiger partial charge in [-0.2, -0.15) is 0 Å². The molecule has 4 N–H and O–H groups in total. The van der Waals surface area contributed by atoms with Gasteiger partial charge in [-0.3, -0.25) is 0 Å². The van der Waals surface area contributed by atoms with Crippen molar-refractivity contribution in [2.45, 2.75) is 0 Å². The number of nitrogen functional groups attached to an aromatic ring is 1. The van der Waals surface area contributed by atoms with Crippen molar-refractivity contribution < 1.29 is 13.2 Å². The number of aromatic nitrogens is 2. The van der Waals surface area contributed by atoms with Crippen molar-refractivity contribution in [3.63, 3.8) is 0 Å². The molecule has 0 fully saturated rings. The van der Waals surface area contributed by atoms with Gasteiger partial charge in [-0.25, -0.2) is 23.1 Å². The largest absolute Gasteiger partial charge is 0.393 e. The Kier molecular flexibility index (Phi) is 4.62. The summed E-state index contributed by atoms with van der Waals surface area (Å²) < 4.78 is 39.5. The van der Waals surface area contributed by atoms with Crippen LogP contribution in [0.3, 0.4) is 0 Å². The number of hydrogen-bond acceptors (Lipinski definition) is 5. The van der Waals surface area contributed by atoms with Crippen LogP contribution in [-0.4, -0.2) is 9.97 Å². The summed E-state index contributed by atoms with van der Waals surface area (Å²) in [5, 5.41) is 5.61. The van der Waals surface area contributed by atoms with E-state index in [1.165, 1.54) is 30.6 Å². The lowest BCUT2D eigenvalue weighted by molar-refractivity contribution is 0.509. The second kappa shape index (κ2) is 6.86. The predicted octanol–water partition coefficient (Wildman–Crippen LogP) is 4.62. The van der Waals surface area contributed by atoms with Gasteiger partial charge in [0.05, 0.1) is 5.02 Å². The van der Waals surface area contributed by atoms with Crippen molar-refractivity contribution in [2.75, 3.05) is 16.4 Å². The Morgan fingerprint density at radius 3 is 1.92 bits per heavy atom. The van der Waals surface area contributed by atoms with E-state index in [0.29, 0.717) is 5.69 Å². The average molecular weight is 366 g/mol. The van der Waals surface area contributed by atoms with E-state index in [1.54, 1.807) is 0 Å². The molecule has 1 aromatic heterocycles. The number of anilines is 5. The monoisotopic (exact) mass is 365 g/mol. The number of nitrogens with one attached hydrogen (secondary N) is 2. The molecule has 0 unspecified atom stereocenters. The molecule has 2 aromatic carbocycles. The minimum Gasteiger partial charge on any atom is -0.393 e. The molecule has 1 heterocycles. The van der Waals surface area contributed by atoms with E-state index in [-0.39, 0.29) is 28.0 Å². The minimum atomic E-state index is -1.00. The molecule has 0 saturated heterocycles. The van der Waals surface area contributed by atoms with Crippen molar-refractivity contribution >= 4 is 40.3 Å². The summed E-state index contributed by atoms with van der Waals surface area (Å²) in [6, 6.07) is 7.33. The number of nitrogens with two attached hydrogens (primary N) is 1. The van der Waals surface area contributed by atoms with Crippen LogP contribution in [0, 0.1) is 17.5 Å². The number of nitrogens with zero attached hydrogens (tertiary/aromatic N) is 2. The zero-order valence-corrected chi connectivity index (χ0v) is 13.3. The lowest BCUT2D eigenvalue weighted by Crippen LogP contribution is -2.05. The quantitative estimate of drug-likeness (QED) is 0.629. The second-order valence-electron chi connectivity index (χ2n) is 4.99. The van der Waals surface area contributed by atoms with E-state index < -0.39 is 17.5 Å². The predicted molar refractivity (Wildman–Crippen MR) is 90.8 cm³/mol. The molecule has 0 saturated carbocycles. The SMILES string of the molecule is Nc1c(Nc2ccc(F)c(F)c2)ncnc1Nc1ccc(F)c(Cl)c1. The Hall–Kier alpha value is -3.00. The van der Waals surface area contributed by atoms with Gasteiger partial charge in [0.2, 0.25) is 0 Å². The van der Waals surface area contributed by atoms with Gasteiger partial charge >= 0.3 is 0 Å². The highest BCUT2D eigenvalue weighted by Crippen LogP contribution is 2.29. The highest BCUT2D eigenvalue weighted by Gasteiger charge is 2.11. The van der Waals surface area contributed by atoms with Gasteiger partial charge in [0.15, 0.2) is 23.3 Å². The standard InChI is InChI=1S/C16H11ClF3N5/c17-10-5-8(1-3-11(10)18)24-15-14(21)16(23-7-22-15)25-9-2-4-12(19)13(20)6-9/h1-7H,21H2,(H2,22,23,24,25). The van der Waals surface area contributed by atoms with Crippen LogP contribution in [0.5, 0.6) is 0 Å². The van der Waals surface area contributed by atoms with Gasteiger partial charge in [0.1, 0.15) is 17.8 Å². The number of benzene rings is 2. The summed E-state index contributed by atoms with van der Waals surface area (Å²) in [7, 11) is 0. The maximum atomic E-state index is 13.3. The molecule has 0 radical (unpaired) electrons. The lowest BCUT2D eigenvalue weighted by Gasteiger charge is -2.13. The Balaban J connectivity index is 1.86. The minimum absolute atomic E-state index is 0.0576. The summed E-state index contributed by atoms with van der Waals surface area (Å²) in [5.74, 6) is -2.09. The Bertz CT molecular complexity index is 864. The van der Waals surface area contributed by atoms with E-state index in [2.05, 4.69) is 20.6 Å². The molecular formula is C16H11ClF3N5. The van der Waals surface area contributed by atoms with Gasteiger partial charge in [0.25, 0.3) is 0 Å². The summed E-state index contributed by atoms with van der Waals surface area (Å²) in [6.07, 6.45) is 1.23. The van der Waals surface area contributed by atoms with Crippen LogP contribution in [0.1, 0.15) is 0 Å². The Morgan fingerprint density at radius 2 is 1.36 bits per heavy atom. The molecule has 0 bridgehead atoms. The molecule has 5 nitrogen and oxygen atoms in total. The van der Waals surface area contributed by atoms with Crippen LogP contribution in [0.15, 0.2) is 42.7 Å². The topological polar surface area (TPSA) is 75.9 Å². The normalized spacial score (nSPS) is 10.6. The molecule has 0 amide bonds. The third-order valence-corrected chi connectivity index (χ3v) is 3.54. The Labute approximate surface area is 145 Å². The molecule has 0 aliphatic heterocycles. The maximum absolute atomic E-state index is 13.3. The van der Waals surface area contributed by atoms with Crippen LogP contribution in [0.25, 0.3) is 0 Å². The molecule has 3 rings (SSSR count). The first-order chi connectivity index (χ1) is 11.9. The fraction of sp³-hybridized carbons (Fsp3) is 0. The fourth-order valence-electron chi connectivity index (χ4n) is 2.02. The summed E-state index contributed by atoms with van der Waals surface area (Å²) in [5.41, 5.74) is 6.85. The van der Waals surface area contributed by atoms with Crippen LogP contribution in [-0.2, 0) is 0 Å².